The Hall–Kier alpha value is -6.64. The van der Waals surface area contributed by atoms with E-state index < -0.39 is 36.0 Å². The Labute approximate surface area is 418 Å². The average molecular weight is 972 g/mol. The van der Waals surface area contributed by atoms with Crippen LogP contribution in [0.5, 0.6) is 0 Å². The van der Waals surface area contributed by atoms with Gasteiger partial charge in [-0.15, -0.1) is 0 Å². The molecule has 6 amide bonds. The van der Waals surface area contributed by atoms with Crippen LogP contribution >= 0.6 is 0 Å². The maximum Gasteiger partial charge on any atom is 0.251 e. The van der Waals surface area contributed by atoms with Crippen LogP contribution in [0, 0.1) is 12.8 Å². The van der Waals surface area contributed by atoms with Crippen LogP contribution in [0.3, 0.4) is 0 Å². The maximum atomic E-state index is 14.5. The molecule has 0 radical (unpaired) electrons. The Balaban J connectivity index is 1.04. The van der Waals surface area contributed by atoms with Gasteiger partial charge in [-0.05, 0) is 87.6 Å². The lowest BCUT2D eigenvalue weighted by Gasteiger charge is -2.39. The van der Waals surface area contributed by atoms with E-state index in [0.717, 1.165) is 60.6 Å². The number of aryl methyl sites for hydroxylation is 1. The zero-order valence-corrected chi connectivity index (χ0v) is 42.0. The summed E-state index contributed by atoms with van der Waals surface area (Å²) in [6.45, 7) is 8.99. The maximum absolute atomic E-state index is 14.5. The van der Waals surface area contributed by atoms with Crippen molar-refractivity contribution in [2.45, 2.75) is 155 Å². The first-order chi connectivity index (χ1) is 34.3. The van der Waals surface area contributed by atoms with Gasteiger partial charge in [0.2, 0.25) is 29.5 Å². The second-order valence-corrected chi connectivity index (χ2v) is 19.3. The van der Waals surface area contributed by atoms with Crippen molar-refractivity contribution in [1.29, 1.82) is 0 Å². The lowest BCUT2D eigenvalue weighted by Crippen LogP contribution is -2.64. The Morgan fingerprint density at radius 1 is 0.718 bits per heavy atom. The molecule has 71 heavy (non-hydrogen) atoms. The van der Waals surface area contributed by atoms with Crippen LogP contribution < -0.4 is 26.6 Å². The summed E-state index contributed by atoms with van der Waals surface area (Å²) >= 11 is 0. The summed E-state index contributed by atoms with van der Waals surface area (Å²) in [5.41, 5.74) is 4.12. The number of carbonyl (C=O) groups is 8. The van der Waals surface area contributed by atoms with Gasteiger partial charge in [0.15, 0.2) is 5.78 Å². The number of para-hydroxylation sites is 1. The second-order valence-electron chi connectivity index (χ2n) is 19.3. The lowest BCUT2D eigenvalue weighted by atomic mass is 9.93. The zero-order chi connectivity index (χ0) is 50.9. The minimum absolute atomic E-state index is 0.0242. The monoisotopic (exact) mass is 972 g/mol. The smallest absolute Gasteiger partial charge is 0.251 e. The zero-order valence-electron chi connectivity index (χ0n) is 42.0. The van der Waals surface area contributed by atoms with Gasteiger partial charge in [-0.25, -0.2) is 0 Å². The number of carbonyl (C=O) groups excluding carboxylic acids is 8. The van der Waals surface area contributed by atoms with E-state index in [2.05, 4.69) is 26.6 Å². The van der Waals surface area contributed by atoms with Crippen molar-refractivity contribution in [3.8, 4) is 0 Å². The number of nitrogens with one attached hydrogen (secondary N) is 5. The molecule has 2 fully saturated rings. The lowest BCUT2D eigenvalue weighted by molar-refractivity contribution is -0.147. The highest BCUT2D eigenvalue weighted by Crippen LogP contribution is 2.25. The van der Waals surface area contributed by atoms with Crippen LogP contribution in [-0.2, 0) is 41.7 Å². The van der Waals surface area contributed by atoms with E-state index in [-0.39, 0.29) is 54.1 Å². The molecular weight excluding hydrogens is 899 g/mol. The highest BCUT2D eigenvalue weighted by molar-refractivity contribution is 6.09. The molecule has 0 spiro atoms. The fraction of sp³-hybridized carbons (Fsp3) is 0.500. The van der Waals surface area contributed by atoms with Gasteiger partial charge >= 0.3 is 0 Å². The largest absolute Gasteiger partial charge is 0.355 e. The molecule has 380 valence electrons. The van der Waals surface area contributed by atoms with Gasteiger partial charge < -0.3 is 36.1 Å². The minimum Gasteiger partial charge on any atom is -0.355 e. The van der Waals surface area contributed by atoms with Crippen molar-refractivity contribution in [2.75, 3.05) is 19.6 Å². The van der Waals surface area contributed by atoms with Crippen molar-refractivity contribution in [3.63, 3.8) is 0 Å². The molecule has 4 aromatic rings. The predicted molar refractivity (Wildman–Crippen MR) is 273 cm³/mol. The number of hydrogen-bond acceptors (Lipinski definition) is 8. The van der Waals surface area contributed by atoms with Gasteiger partial charge in [-0.3, -0.25) is 38.4 Å². The van der Waals surface area contributed by atoms with E-state index >= 15 is 0 Å². The molecule has 5 N–H and O–H groups in total. The van der Waals surface area contributed by atoms with Crippen LogP contribution in [0.1, 0.15) is 148 Å². The molecule has 3 aromatic carbocycles. The van der Waals surface area contributed by atoms with E-state index in [1.54, 1.807) is 35.2 Å². The Bertz CT molecular complexity index is 2520. The summed E-state index contributed by atoms with van der Waals surface area (Å²) in [6, 6.07) is 17.9. The van der Waals surface area contributed by atoms with Gasteiger partial charge in [-0.2, -0.15) is 0 Å². The van der Waals surface area contributed by atoms with Gasteiger partial charge in [-0.1, -0.05) is 107 Å². The first-order valence-corrected chi connectivity index (χ1v) is 25.8. The highest BCUT2D eigenvalue weighted by Gasteiger charge is 2.41. The third-order valence-corrected chi connectivity index (χ3v) is 14.0. The number of hydrogen-bond donors (Lipinski definition) is 5. The number of ketones is 2. The first-order valence-electron chi connectivity index (χ1n) is 25.8. The molecule has 15 nitrogen and oxygen atoms in total. The van der Waals surface area contributed by atoms with Crippen molar-refractivity contribution in [1.82, 2.24) is 36.1 Å². The number of benzene rings is 3. The van der Waals surface area contributed by atoms with Crippen molar-refractivity contribution in [2.24, 2.45) is 5.92 Å². The Morgan fingerprint density at radius 2 is 1.41 bits per heavy atom. The SMILES string of the molecule is CCC(=O)CCCCC[C@@H]1NC(=O)C2CCCCN2C(=O)[C@H](C(C)CC)NC(=O)[C@H](Cc2cn(CC(=O)NCCCCCCNC(=O)c3ccc(C(=O)c4cccc(C)c4)cc3)c3ccccc23)NC1=O. The van der Waals surface area contributed by atoms with E-state index in [1.165, 1.54) is 0 Å². The average Bonchev–Trinajstić information content (AvgIpc) is 3.72. The Morgan fingerprint density at radius 3 is 2.14 bits per heavy atom. The fourth-order valence-electron chi connectivity index (χ4n) is 9.53. The topological polar surface area (TPSA) is 205 Å². The number of amides is 6. The molecule has 2 aliphatic rings. The standard InChI is InChI=1S/C56H73N7O8/c1-5-38(4)50-56(71)63-32-17-14-25-48(63)55(70)59-45(23-11-9-10-21-43(64)6-2)53(68)60-46(54(69)61-50)34-42-35-62(47-24-13-12-22-44(42)47)36-49(65)57-30-15-7-8-16-31-58-52(67)40-28-26-39(27-29-40)51(66)41-20-18-19-37(3)33-41/h12-13,18-20,22,24,26-29,33,35,38,45-46,48,50H,5-11,14-17,21,23,25,30-32,34,36H2,1-4H3,(H,57,65)(H,58,67)(H,59,70)(H,60,68)(H,61,69)/t38?,45-,46-,48?,50-/m0/s1. The van der Waals surface area contributed by atoms with Crippen molar-refractivity contribution < 1.29 is 38.4 Å². The molecule has 5 atom stereocenters. The fourth-order valence-corrected chi connectivity index (χ4v) is 9.53. The van der Waals surface area contributed by atoms with E-state index in [4.69, 9.17) is 0 Å². The molecular formula is C56H73N7O8. The van der Waals surface area contributed by atoms with Crippen LogP contribution in [-0.4, -0.2) is 100 Å². The van der Waals surface area contributed by atoms with Crippen LogP contribution in [0.25, 0.3) is 10.9 Å². The molecule has 0 aliphatic carbocycles. The first kappa shape index (κ1) is 53.7. The number of unbranched alkanes of at least 4 members (excludes halogenated alkanes) is 5. The third kappa shape index (κ3) is 14.9. The third-order valence-electron chi connectivity index (χ3n) is 14.0. The molecule has 15 heteroatoms. The molecule has 2 unspecified atom stereocenters. The number of rotatable bonds is 23. The van der Waals surface area contributed by atoms with Crippen molar-refractivity contribution >= 4 is 57.9 Å². The van der Waals surface area contributed by atoms with E-state index in [1.807, 2.05) is 80.9 Å². The molecule has 3 heterocycles. The van der Waals surface area contributed by atoms with Gasteiger partial charge in [0.05, 0.1) is 0 Å². The number of nitrogens with zero attached hydrogens (tertiary/aromatic N) is 2. The summed E-state index contributed by atoms with van der Waals surface area (Å²) in [5.74, 6) is -2.26. The summed E-state index contributed by atoms with van der Waals surface area (Å²) in [5, 5.41) is 15.7. The summed E-state index contributed by atoms with van der Waals surface area (Å²) in [7, 11) is 0. The minimum atomic E-state index is -1.12. The van der Waals surface area contributed by atoms with Gasteiger partial charge in [0.1, 0.15) is 36.5 Å². The molecule has 0 bridgehead atoms. The van der Waals surface area contributed by atoms with Crippen molar-refractivity contribution in [3.05, 3.63) is 107 Å². The molecule has 6 rings (SSSR count). The normalized spacial score (nSPS) is 19.1. The summed E-state index contributed by atoms with van der Waals surface area (Å²) < 4.78 is 1.83. The number of aromatic nitrogens is 1. The van der Waals surface area contributed by atoms with Gasteiger partial charge in [0.25, 0.3) is 5.91 Å². The van der Waals surface area contributed by atoms with E-state index in [0.29, 0.717) is 87.7 Å². The molecule has 2 aliphatic heterocycles. The Kier molecular flexibility index (Phi) is 20.1. The second kappa shape index (κ2) is 26.5. The summed E-state index contributed by atoms with van der Waals surface area (Å²) in [4.78, 5) is 110. The number of piperidine rings is 1. The van der Waals surface area contributed by atoms with Crippen LogP contribution in [0.4, 0.5) is 0 Å². The number of fused-ring (bicyclic) bond motifs is 2. The van der Waals surface area contributed by atoms with Crippen LogP contribution in [0.15, 0.2) is 79.0 Å². The van der Waals surface area contributed by atoms with Crippen LogP contribution in [0.2, 0.25) is 0 Å². The quantitative estimate of drug-likeness (QED) is 0.0401. The van der Waals surface area contributed by atoms with Gasteiger partial charge in [0, 0.05) is 72.7 Å². The predicted octanol–water partition coefficient (Wildman–Crippen LogP) is 6.65. The highest BCUT2D eigenvalue weighted by atomic mass is 16.2. The summed E-state index contributed by atoms with van der Waals surface area (Å²) in [6.07, 6.45) is 10.8. The molecule has 0 saturated carbocycles. The molecule has 1 aromatic heterocycles. The number of Topliss-reactive ketones (excluding diaryl/α,β-unsaturated/α-hetero) is 1. The molecule has 2 saturated heterocycles. The van der Waals surface area contributed by atoms with E-state index in [9.17, 15) is 38.4 Å².